The number of benzene rings is 1. The number of aryl methyl sites for hydroxylation is 1. The predicted molar refractivity (Wildman–Crippen MR) is 98.2 cm³/mol. The first-order chi connectivity index (χ1) is 12.8. The second-order valence-electron chi connectivity index (χ2n) is 6.11. The van der Waals surface area contributed by atoms with Crippen molar-refractivity contribution in [3.8, 4) is 0 Å². The van der Waals surface area contributed by atoms with E-state index in [-0.39, 0.29) is 17.3 Å². The van der Waals surface area contributed by atoms with Crippen LogP contribution >= 0.6 is 0 Å². The quantitative estimate of drug-likeness (QED) is 0.665. The minimum absolute atomic E-state index is 0.0594. The monoisotopic (exact) mass is 388 g/mol. The fraction of sp³-hybridized carbons (Fsp3) is 0.222. The Morgan fingerprint density at radius 3 is 2.59 bits per heavy atom. The van der Waals surface area contributed by atoms with E-state index in [1.165, 1.54) is 30.5 Å². The van der Waals surface area contributed by atoms with E-state index >= 15 is 0 Å². The zero-order chi connectivity index (χ0) is 19.4. The van der Waals surface area contributed by atoms with Crippen LogP contribution in [0.5, 0.6) is 0 Å². The standard InChI is InChI=1S/C18H20N4O4S/c1-21(12-14-10-19-22(2)13-14)18(23)15-5-7-17(8-6-15)27(24,25)20-11-16-4-3-9-26-16/h3-10,13,20H,11-12H2,1-2H3. The van der Waals surface area contributed by atoms with Gasteiger partial charge in [-0.15, -0.1) is 0 Å². The van der Waals surface area contributed by atoms with Gasteiger partial charge in [0.25, 0.3) is 5.91 Å². The van der Waals surface area contributed by atoms with Gasteiger partial charge in [-0.25, -0.2) is 13.1 Å². The van der Waals surface area contributed by atoms with Crippen molar-refractivity contribution >= 4 is 15.9 Å². The molecule has 1 amide bonds. The molecule has 3 aromatic rings. The van der Waals surface area contributed by atoms with Crippen LogP contribution < -0.4 is 4.72 Å². The third-order valence-corrected chi connectivity index (χ3v) is 5.37. The molecule has 0 aliphatic rings. The maximum absolute atomic E-state index is 12.5. The van der Waals surface area contributed by atoms with Crippen LogP contribution in [-0.2, 0) is 30.2 Å². The Morgan fingerprint density at radius 2 is 2.00 bits per heavy atom. The Kier molecular flexibility index (Phi) is 5.43. The number of aromatic nitrogens is 2. The zero-order valence-corrected chi connectivity index (χ0v) is 15.8. The van der Waals surface area contributed by atoms with E-state index in [4.69, 9.17) is 4.42 Å². The third-order valence-electron chi connectivity index (χ3n) is 3.95. The van der Waals surface area contributed by atoms with Crippen LogP contribution in [0.2, 0.25) is 0 Å². The van der Waals surface area contributed by atoms with Crippen molar-refractivity contribution < 1.29 is 17.6 Å². The highest BCUT2D eigenvalue weighted by atomic mass is 32.2. The van der Waals surface area contributed by atoms with Crippen molar-refractivity contribution in [2.75, 3.05) is 7.05 Å². The largest absolute Gasteiger partial charge is 0.468 e. The molecule has 1 N–H and O–H groups in total. The van der Waals surface area contributed by atoms with Gasteiger partial charge in [0.15, 0.2) is 0 Å². The number of nitrogens with one attached hydrogen (secondary N) is 1. The Bertz CT molecular complexity index is 1010. The van der Waals surface area contributed by atoms with Crippen LogP contribution in [0.25, 0.3) is 0 Å². The SMILES string of the molecule is CN(Cc1cnn(C)c1)C(=O)c1ccc(S(=O)(=O)NCc2ccco2)cc1. The van der Waals surface area contributed by atoms with Gasteiger partial charge in [-0.2, -0.15) is 5.10 Å². The second-order valence-corrected chi connectivity index (χ2v) is 7.88. The van der Waals surface area contributed by atoms with E-state index in [0.29, 0.717) is 17.9 Å². The van der Waals surface area contributed by atoms with E-state index in [0.717, 1.165) is 5.56 Å². The molecule has 0 saturated carbocycles. The lowest BCUT2D eigenvalue weighted by Crippen LogP contribution is -2.26. The van der Waals surface area contributed by atoms with Crippen LogP contribution in [-0.4, -0.2) is 36.1 Å². The number of furan rings is 1. The normalized spacial score (nSPS) is 11.5. The summed E-state index contributed by atoms with van der Waals surface area (Å²) in [4.78, 5) is 14.2. The van der Waals surface area contributed by atoms with Gasteiger partial charge < -0.3 is 9.32 Å². The van der Waals surface area contributed by atoms with Gasteiger partial charge in [0, 0.05) is 38.0 Å². The Balaban J connectivity index is 1.65. The number of sulfonamides is 1. The molecule has 1 aromatic carbocycles. The summed E-state index contributed by atoms with van der Waals surface area (Å²) in [5.74, 6) is 0.314. The summed E-state index contributed by atoms with van der Waals surface area (Å²) < 4.78 is 33.9. The van der Waals surface area contributed by atoms with Crippen molar-refractivity contribution in [3.63, 3.8) is 0 Å². The lowest BCUT2D eigenvalue weighted by Gasteiger charge is -2.16. The molecule has 0 atom stereocenters. The molecule has 27 heavy (non-hydrogen) atoms. The molecule has 8 nitrogen and oxygen atoms in total. The van der Waals surface area contributed by atoms with Gasteiger partial charge in [0.1, 0.15) is 5.76 Å². The van der Waals surface area contributed by atoms with Crippen molar-refractivity contribution in [1.29, 1.82) is 0 Å². The molecule has 9 heteroatoms. The molecule has 2 aromatic heterocycles. The topological polar surface area (TPSA) is 97.4 Å². The van der Waals surface area contributed by atoms with E-state index in [1.807, 2.05) is 13.2 Å². The van der Waals surface area contributed by atoms with Crippen LogP contribution in [0.3, 0.4) is 0 Å². The molecule has 0 aliphatic heterocycles. The maximum Gasteiger partial charge on any atom is 0.253 e. The minimum atomic E-state index is -3.69. The summed E-state index contributed by atoms with van der Waals surface area (Å²) >= 11 is 0. The third kappa shape index (κ3) is 4.63. The van der Waals surface area contributed by atoms with E-state index in [1.54, 1.807) is 35.0 Å². The summed E-state index contributed by atoms with van der Waals surface area (Å²) in [5.41, 5.74) is 1.32. The molecular weight excluding hydrogens is 368 g/mol. The highest BCUT2D eigenvalue weighted by Gasteiger charge is 2.17. The number of nitrogens with zero attached hydrogens (tertiary/aromatic N) is 3. The van der Waals surface area contributed by atoms with Crippen molar-refractivity contribution in [1.82, 2.24) is 19.4 Å². The first-order valence-corrected chi connectivity index (χ1v) is 9.68. The average Bonchev–Trinajstić information content (AvgIpc) is 3.31. The zero-order valence-electron chi connectivity index (χ0n) is 15.0. The van der Waals surface area contributed by atoms with E-state index in [2.05, 4.69) is 9.82 Å². The summed E-state index contributed by atoms with van der Waals surface area (Å²) in [7, 11) is -0.195. The van der Waals surface area contributed by atoms with Crippen LogP contribution in [0.15, 0.2) is 64.4 Å². The second kappa shape index (κ2) is 7.77. The summed E-state index contributed by atoms with van der Waals surface area (Å²) in [5, 5.41) is 4.07. The fourth-order valence-corrected chi connectivity index (χ4v) is 3.55. The average molecular weight is 388 g/mol. The van der Waals surface area contributed by atoms with Crippen LogP contribution in [0, 0.1) is 0 Å². The molecule has 0 spiro atoms. The molecule has 0 fully saturated rings. The first kappa shape index (κ1) is 18.9. The molecular formula is C18H20N4O4S. The lowest BCUT2D eigenvalue weighted by atomic mass is 10.2. The van der Waals surface area contributed by atoms with Crippen LogP contribution in [0.4, 0.5) is 0 Å². The van der Waals surface area contributed by atoms with Gasteiger partial charge in [-0.1, -0.05) is 0 Å². The molecule has 0 radical (unpaired) electrons. The number of amides is 1. The minimum Gasteiger partial charge on any atom is -0.468 e. The molecule has 2 heterocycles. The molecule has 0 bridgehead atoms. The molecule has 0 saturated heterocycles. The summed E-state index contributed by atoms with van der Waals surface area (Å²) in [6.45, 7) is 0.474. The Hall–Kier alpha value is -2.91. The van der Waals surface area contributed by atoms with E-state index < -0.39 is 10.0 Å². The van der Waals surface area contributed by atoms with E-state index in [9.17, 15) is 13.2 Å². The van der Waals surface area contributed by atoms with Gasteiger partial charge >= 0.3 is 0 Å². The molecule has 0 aliphatic carbocycles. The number of carbonyl (C=O) groups excluding carboxylic acids is 1. The highest BCUT2D eigenvalue weighted by molar-refractivity contribution is 7.89. The summed E-state index contributed by atoms with van der Waals surface area (Å²) in [6, 6.07) is 9.20. The Labute approximate surface area is 157 Å². The molecule has 3 rings (SSSR count). The van der Waals surface area contributed by atoms with Gasteiger partial charge in [-0.3, -0.25) is 9.48 Å². The van der Waals surface area contributed by atoms with Gasteiger partial charge in [0.2, 0.25) is 10.0 Å². The van der Waals surface area contributed by atoms with Crippen molar-refractivity contribution in [2.24, 2.45) is 7.05 Å². The maximum atomic E-state index is 12.5. The van der Waals surface area contributed by atoms with Gasteiger partial charge in [0.05, 0.1) is 23.9 Å². The smallest absolute Gasteiger partial charge is 0.253 e. The van der Waals surface area contributed by atoms with Crippen molar-refractivity contribution in [3.05, 3.63) is 71.9 Å². The number of hydrogen-bond acceptors (Lipinski definition) is 5. The summed E-state index contributed by atoms with van der Waals surface area (Å²) in [6.07, 6.45) is 5.01. The predicted octanol–water partition coefficient (Wildman–Crippen LogP) is 1.76. The van der Waals surface area contributed by atoms with Gasteiger partial charge in [-0.05, 0) is 36.4 Å². The lowest BCUT2D eigenvalue weighted by molar-refractivity contribution is 0.0785. The number of hydrogen-bond donors (Lipinski definition) is 1. The Morgan fingerprint density at radius 1 is 1.26 bits per heavy atom. The van der Waals surface area contributed by atoms with Crippen LogP contribution in [0.1, 0.15) is 21.7 Å². The fourth-order valence-electron chi connectivity index (χ4n) is 2.56. The van der Waals surface area contributed by atoms with Crippen molar-refractivity contribution in [2.45, 2.75) is 18.0 Å². The highest BCUT2D eigenvalue weighted by Crippen LogP contribution is 2.14. The number of carbonyl (C=O) groups is 1. The molecule has 0 unspecified atom stereocenters. The molecule has 142 valence electrons. The number of rotatable bonds is 7. The first-order valence-electron chi connectivity index (χ1n) is 8.20.